The van der Waals surface area contributed by atoms with Crippen molar-refractivity contribution in [3.8, 4) is 0 Å². The molecule has 6 nitrogen and oxygen atoms in total. The zero-order valence-electron chi connectivity index (χ0n) is 24.8. The number of amides is 2. The zero-order valence-corrected chi connectivity index (χ0v) is 26.4. The van der Waals surface area contributed by atoms with E-state index in [0.717, 1.165) is 36.1 Å². The number of halogens is 2. The summed E-state index contributed by atoms with van der Waals surface area (Å²) >= 11 is 12.6. The Labute approximate surface area is 264 Å². The van der Waals surface area contributed by atoms with Gasteiger partial charge in [-0.25, -0.2) is 0 Å². The Balaban J connectivity index is 1.12. The highest BCUT2D eigenvalue weighted by atomic mass is 35.5. The van der Waals surface area contributed by atoms with Crippen LogP contribution in [-0.4, -0.2) is 70.9 Å². The number of piperidine rings is 1. The lowest BCUT2D eigenvalue weighted by molar-refractivity contribution is -0.144. The largest absolute Gasteiger partial charge is 0.368 e. The van der Waals surface area contributed by atoms with Crippen LogP contribution in [0.2, 0.25) is 10.0 Å². The Hall–Kier alpha value is -2.90. The summed E-state index contributed by atoms with van der Waals surface area (Å²) in [6, 6.07) is 22.6. The van der Waals surface area contributed by atoms with Gasteiger partial charge >= 0.3 is 0 Å². The van der Waals surface area contributed by atoms with Crippen LogP contribution in [0.4, 0.5) is 0 Å². The lowest BCUT2D eigenvalue weighted by Gasteiger charge is -2.42. The van der Waals surface area contributed by atoms with Gasteiger partial charge in [-0.05, 0) is 74.9 Å². The molecule has 2 unspecified atom stereocenters. The van der Waals surface area contributed by atoms with Gasteiger partial charge in [0.05, 0.1) is 22.2 Å². The number of nitrogens with zero attached hydrogens (tertiary/aromatic N) is 3. The van der Waals surface area contributed by atoms with Crippen LogP contribution in [0.15, 0.2) is 66.7 Å². The molecular weight excluding hydrogens is 581 g/mol. The molecule has 2 amide bonds. The number of fused-ring (bicyclic) bond motifs is 2. The number of rotatable bonds is 7. The minimum Gasteiger partial charge on any atom is -0.368 e. The van der Waals surface area contributed by atoms with Crippen LogP contribution in [0.25, 0.3) is 0 Å². The molecule has 2 bridgehead atoms. The summed E-state index contributed by atoms with van der Waals surface area (Å²) in [7, 11) is 0. The summed E-state index contributed by atoms with van der Waals surface area (Å²) in [6.07, 6.45) is 4.34. The molecule has 3 aliphatic rings. The first-order valence-electron chi connectivity index (χ1n) is 15.3. The summed E-state index contributed by atoms with van der Waals surface area (Å²) in [5.74, 6) is -0.0911. The van der Waals surface area contributed by atoms with Crippen molar-refractivity contribution in [3.63, 3.8) is 0 Å². The van der Waals surface area contributed by atoms with E-state index in [1.807, 2.05) is 41.8 Å². The molecule has 0 aromatic heterocycles. The molecule has 0 N–H and O–H groups in total. The van der Waals surface area contributed by atoms with Crippen LogP contribution >= 0.6 is 23.2 Å². The van der Waals surface area contributed by atoms with Gasteiger partial charge in [0.1, 0.15) is 6.61 Å². The van der Waals surface area contributed by atoms with Crippen LogP contribution < -0.4 is 0 Å². The summed E-state index contributed by atoms with van der Waals surface area (Å²) in [4.78, 5) is 33.6. The molecule has 3 heterocycles. The maximum atomic E-state index is 13.7. The second-order valence-corrected chi connectivity index (χ2v) is 13.2. The molecule has 0 spiro atoms. The third-order valence-electron chi connectivity index (χ3n) is 9.28. The van der Waals surface area contributed by atoms with Crippen molar-refractivity contribution in [3.05, 3.63) is 105 Å². The normalized spacial score (nSPS) is 23.9. The van der Waals surface area contributed by atoms with E-state index in [1.165, 1.54) is 18.4 Å². The molecule has 3 aliphatic heterocycles. The first-order chi connectivity index (χ1) is 20.7. The maximum absolute atomic E-state index is 13.7. The van der Waals surface area contributed by atoms with E-state index in [4.69, 9.17) is 27.9 Å². The molecule has 0 aliphatic carbocycles. The van der Waals surface area contributed by atoms with E-state index in [2.05, 4.69) is 41.3 Å². The Kier molecular flexibility index (Phi) is 9.11. The second kappa shape index (κ2) is 13.0. The standard InChI is InChI=1S/C35H39Cl2N3O3/c1-23-14-24(2)16-27(15-23)35(42)38-12-13-39(33(21-38)26-8-11-31(36)32(37)17-26)34(41)22-43-30-18-28-9-10-29(19-30)40(28)20-25-6-4-3-5-7-25/h3-8,11,14-17,28-30,33H,9-10,12-13,18-22H2,1-2H3/t28?,29?,30?,33-/m1/s1. The van der Waals surface area contributed by atoms with Gasteiger partial charge in [-0.15, -0.1) is 0 Å². The van der Waals surface area contributed by atoms with Crippen molar-refractivity contribution in [2.45, 2.75) is 70.3 Å². The Morgan fingerprint density at radius 3 is 2.23 bits per heavy atom. The number of carbonyl (C=O) groups excluding carboxylic acids is 2. The number of ether oxygens (including phenoxy) is 1. The molecule has 0 saturated carbocycles. The Morgan fingerprint density at radius 1 is 0.860 bits per heavy atom. The highest BCUT2D eigenvalue weighted by molar-refractivity contribution is 6.42. The molecule has 6 rings (SSSR count). The van der Waals surface area contributed by atoms with Crippen molar-refractivity contribution in [2.24, 2.45) is 0 Å². The first-order valence-corrected chi connectivity index (χ1v) is 16.0. The summed E-state index contributed by atoms with van der Waals surface area (Å²) in [5, 5.41) is 0.886. The molecule has 3 aromatic carbocycles. The minimum absolute atomic E-state index is 0.0297. The van der Waals surface area contributed by atoms with E-state index >= 15 is 0 Å². The lowest BCUT2D eigenvalue weighted by Crippen LogP contribution is -2.53. The molecule has 3 atom stereocenters. The van der Waals surface area contributed by atoms with Gasteiger partial charge < -0.3 is 14.5 Å². The number of carbonyl (C=O) groups is 2. The lowest BCUT2D eigenvalue weighted by atomic mass is 9.98. The van der Waals surface area contributed by atoms with Crippen molar-refractivity contribution in [1.29, 1.82) is 0 Å². The van der Waals surface area contributed by atoms with E-state index in [9.17, 15) is 9.59 Å². The van der Waals surface area contributed by atoms with Crippen molar-refractivity contribution in [1.82, 2.24) is 14.7 Å². The number of hydrogen-bond acceptors (Lipinski definition) is 4. The van der Waals surface area contributed by atoms with E-state index in [1.54, 1.807) is 12.1 Å². The molecule has 0 radical (unpaired) electrons. The smallest absolute Gasteiger partial charge is 0.254 e. The second-order valence-electron chi connectivity index (χ2n) is 12.4. The Bertz CT molecular complexity index is 1450. The molecule has 3 fully saturated rings. The maximum Gasteiger partial charge on any atom is 0.254 e. The monoisotopic (exact) mass is 619 g/mol. The number of hydrogen-bond donors (Lipinski definition) is 0. The number of piperazine rings is 1. The predicted octanol–water partition coefficient (Wildman–Crippen LogP) is 6.85. The molecule has 226 valence electrons. The van der Waals surface area contributed by atoms with Gasteiger partial charge in [0, 0.05) is 43.8 Å². The van der Waals surface area contributed by atoms with Gasteiger partial charge in [0.25, 0.3) is 5.91 Å². The topological polar surface area (TPSA) is 53.1 Å². The van der Waals surface area contributed by atoms with Crippen molar-refractivity contribution < 1.29 is 14.3 Å². The van der Waals surface area contributed by atoms with Gasteiger partial charge in [-0.3, -0.25) is 14.5 Å². The highest BCUT2D eigenvalue weighted by Crippen LogP contribution is 2.38. The predicted molar refractivity (Wildman–Crippen MR) is 171 cm³/mol. The van der Waals surface area contributed by atoms with E-state index < -0.39 is 0 Å². The minimum atomic E-state index is -0.349. The number of benzene rings is 3. The quantitative estimate of drug-likeness (QED) is 0.290. The van der Waals surface area contributed by atoms with Crippen LogP contribution in [0.3, 0.4) is 0 Å². The van der Waals surface area contributed by atoms with Crippen molar-refractivity contribution in [2.75, 3.05) is 26.2 Å². The molecule has 8 heteroatoms. The van der Waals surface area contributed by atoms with Gasteiger partial charge in [0.2, 0.25) is 5.91 Å². The molecular formula is C35H39Cl2N3O3. The van der Waals surface area contributed by atoms with Crippen LogP contribution in [0, 0.1) is 13.8 Å². The van der Waals surface area contributed by atoms with Crippen LogP contribution in [-0.2, 0) is 16.1 Å². The molecule has 3 saturated heterocycles. The summed E-state index contributed by atoms with van der Waals surface area (Å²) in [6.45, 7) is 6.25. The highest BCUT2D eigenvalue weighted by Gasteiger charge is 2.41. The van der Waals surface area contributed by atoms with Gasteiger partial charge in [-0.1, -0.05) is 76.8 Å². The third kappa shape index (κ3) is 6.78. The van der Waals surface area contributed by atoms with Gasteiger partial charge in [-0.2, -0.15) is 0 Å². The first kappa shape index (κ1) is 30.1. The average molecular weight is 621 g/mol. The summed E-state index contributed by atoms with van der Waals surface area (Å²) in [5.41, 5.74) is 4.97. The SMILES string of the molecule is Cc1cc(C)cc(C(=O)N2CCN(C(=O)COC3CC4CCC(C3)N4Cc3ccccc3)[C@@H](c3ccc(Cl)c(Cl)c3)C2)c1. The average Bonchev–Trinajstić information content (AvgIpc) is 3.22. The van der Waals surface area contributed by atoms with Crippen LogP contribution in [0.5, 0.6) is 0 Å². The Morgan fingerprint density at radius 2 is 1.56 bits per heavy atom. The summed E-state index contributed by atoms with van der Waals surface area (Å²) < 4.78 is 6.33. The fourth-order valence-electron chi connectivity index (χ4n) is 7.24. The fourth-order valence-corrected chi connectivity index (χ4v) is 7.54. The molecule has 3 aromatic rings. The third-order valence-corrected chi connectivity index (χ3v) is 10.0. The van der Waals surface area contributed by atoms with Crippen molar-refractivity contribution >= 4 is 35.0 Å². The zero-order chi connectivity index (χ0) is 30.1. The van der Waals surface area contributed by atoms with E-state index in [0.29, 0.717) is 47.3 Å². The number of aryl methyl sites for hydroxylation is 2. The van der Waals surface area contributed by atoms with Crippen LogP contribution in [0.1, 0.15) is 64.3 Å². The molecule has 43 heavy (non-hydrogen) atoms. The fraction of sp³-hybridized carbons (Fsp3) is 0.429. The van der Waals surface area contributed by atoms with Gasteiger partial charge in [0.15, 0.2) is 0 Å². The van der Waals surface area contributed by atoms with E-state index in [-0.39, 0.29) is 30.6 Å².